The number of amides is 1. The highest BCUT2D eigenvalue weighted by molar-refractivity contribution is 6.05. The van der Waals surface area contributed by atoms with Crippen LogP contribution in [-0.4, -0.2) is 27.3 Å². The summed E-state index contributed by atoms with van der Waals surface area (Å²) in [7, 11) is 0. The second-order valence-electron chi connectivity index (χ2n) is 5.90. The summed E-state index contributed by atoms with van der Waals surface area (Å²) in [6, 6.07) is 9.38. The third-order valence-corrected chi connectivity index (χ3v) is 3.83. The van der Waals surface area contributed by atoms with Gasteiger partial charge in [0, 0.05) is 5.56 Å². The highest BCUT2D eigenvalue weighted by atomic mass is 19.4. The number of nitrogens with zero attached hydrogens (tertiary/aromatic N) is 3. The number of carbonyl (C=O) groups is 1. The van der Waals surface area contributed by atoms with E-state index in [1.54, 1.807) is 24.3 Å². The first kappa shape index (κ1) is 19.4. The average molecular weight is 390 g/mol. The normalized spacial score (nSPS) is 11.3. The maximum absolute atomic E-state index is 13.1. The van der Waals surface area contributed by atoms with Crippen LogP contribution < -0.4 is 10.1 Å². The molecule has 0 aliphatic rings. The van der Waals surface area contributed by atoms with Crippen molar-refractivity contribution in [1.82, 2.24) is 14.8 Å². The number of rotatable bonds is 6. The third kappa shape index (κ3) is 4.48. The van der Waals surface area contributed by atoms with E-state index in [1.165, 1.54) is 23.4 Å². The van der Waals surface area contributed by atoms with Crippen molar-refractivity contribution in [3.63, 3.8) is 0 Å². The number of halogens is 3. The van der Waals surface area contributed by atoms with E-state index in [4.69, 9.17) is 4.74 Å². The minimum atomic E-state index is -4.54. The lowest BCUT2D eigenvalue weighted by atomic mass is 10.1. The Hall–Kier alpha value is -3.36. The van der Waals surface area contributed by atoms with Crippen LogP contribution in [0.15, 0.2) is 55.1 Å². The lowest BCUT2D eigenvalue weighted by Gasteiger charge is -2.14. The molecule has 6 nitrogen and oxygen atoms in total. The molecule has 0 radical (unpaired) electrons. The molecule has 0 atom stereocenters. The number of hydrogen-bond acceptors (Lipinski definition) is 4. The molecule has 3 rings (SSSR count). The van der Waals surface area contributed by atoms with Crippen molar-refractivity contribution in [2.24, 2.45) is 0 Å². The van der Waals surface area contributed by atoms with Gasteiger partial charge in [-0.25, -0.2) is 9.67 Å². The van der Waals surface area contributed by atoms with E-state index >= 15 is 0 Å². The van der Waals surface area contributed by atoms with Gasteiger partial charge in [-0.2, -0.15) is 18.3 Å². The van der Waals surface area contributed by atoms with Crippen molar-refractivity contribution in [2.45, 2.75) is 19.5 Å². The molecule has 1 heterocycles. The maximum Gasteiger partial charge on any atom is 0.416 e. The largest absolute Gasteiger partial charge is 0.494 e. The van der Waals surface area contributed by atoms with Crippen molar-refractivity contribution in [2.75, 3.05) is 11.9 Å². The lowest BCUT2D eigenvalue weighted by Crippen LogP contribution is -2.15. The van der Waals surface area contributed by atoms with E-state index in [0.717, 1.165) is 18.6 Å². The number of alkyl halides is 3. The second-order valence-corrected chi connectivity index (χ2v) is 5.90. The number of ether oxygens (including phenoxy) is 1. The topological polar surface area (TPSA) is 69.0 Å². The van der Waals surface area contributed by atoms with Crippen LogP contribution in [0.25, 0.3) is 5.69 Å². The van der Waals surface area contributed by atoms with E-state index < -0.39 is 17.6 Å². The van der Waals surface area contributed by atoms with Crippen molar-refractivity contribution in [1.29, 1.82) is 0 Å². The van der Waals surface area contributed by atoms with Crippen LogP contribution in [0.4, 0.5) is 18.9 Å². The summed E-state index contributed by atoms with van der Waals surface area (Å²) in [5, 5.41) is 6.44. The first-order valence-corrected chi connectivity index (χ1v) is 8.49. The number of anilines is 1. The molecule has 0 aliphatic carbocycles. The fraction of sp³-hybridized carbons (Fsp3) is 0.211. The highest BCUT2D eigenvalue weighted by Gasteiger charge is 2.31. The summed E-state index contributed by atoms with van der Waals surface area (Å²) >= 11 is 0. The molecule has 0 saturated heterocycles. The van der Waals surface area contributed by atoms with E-state index in [1.807, 2.05) is 6.92 Å². The molecule has 0 unspecified atom stereocenters. The molecule has 0 saturated carbocycles. The molecule has 0 spiro atoms. The molecule has 28 heavy (non-hydrogen) atoms. The van der Waals surface area contributed by atoms with Crippen LogP contribution in [0, 0.1) is 0 Å². The zero-order valence-corrected chi connectivity index (χ0v) is 14.9. The smallest absolute Gasteiger partial charge is 0.416 e. The summed E-state index contributed by atoms with van der Waals surface area (Å²) < 4.78 is 46.0. The van der Waals surface area contributed by atoms with Gasteiger partial charge in [0.05, 0.1) is 23.5 Å². The van der Waals surface area contributed by atoms with Crippen molar-refractivity contribution >= 4 is 11.6 Å². The second kappa shape index (κ2) is 8.12. The summed E-state index contributed by atoms with van der Waals surface area (Å²) in [6.45, 7) is 2.53. The standard InChI is InChI=1S/C19H17F3N4O2/c1-2-9-28-15-6-3-13(4-7-15)18(27)25-16-10-14(19(20,21)22)5-8-17(16)26-12-23-11-24-26/h3-8,10-12H,2,9H2,1H3,(H,25,27). The van der Waals surface area contributed by atoms with Gasteiger partial charge < -0.3 is 10.1 Å². The molecule has 1 amide bonds. The molecule has 2 aromatic carbocycles. The van der Waals surface area contributed by atoms with Gasteiger partial charge in [-0.1, -0.05) is 6.92 Å². The van der Waals surface area contributed by atoms with Gasteiger partial charge in [0.25, 0.3) is 5.91 Å². The number of benzene rings is 2. The Bertz CT molecular complexity index is 939. The Balaban J connectivity index is 1.88. The number of carbonyl (C=O) groups excluding carboxylic acids is 1. The van der Waals surface area contributed by atoms with Gasteiger partial charge >= 0.3 is 6.18 Å². The zero-order valence-electron chi connectivity index (χ0n) is 14.9. The minimum Gasteiger partial charge on any atom is -0.494 e. The Kier molecular flexibility index (Phi) is 5.62. The summed E-state index contributed by atoms with van der Waals surface area (Å²) in [6.07, 6.45) is -1.11. The van der Waals surface area contributed by atoms with Crippen molar-refractivity contribution in [3.8, 4) is 11.4 Å². The number of nitrogens with one attached hydrogen (secondary N) is 1. The van der Waals surface area contributed by atoms with Crippen LogP contribution in [0.5, 0.6) is 5.75 Å². The molecule has 146 valence electrons. The minimum absolute atomic E-state index is 0.0309. The van der Waals surface area contributed by atoms with Crippen molar-refractivity contribution in [3.05, 3.63) is 66.2 Å². The van der Waals surface area contributed by atoms with E-state index in [2.05, 4.69) is 15.4 Å². The first-order chi connectivity index (χ1) is 13.4. The third-order valence-electron chi connectivity index (χ3n) is 3.83. The van der Waals surface area contributed by atoms with Crippen molar-refractivity contribution < 1.29 is 22.7 Å². The summed E-state index contributed by atoms with van der Waals surface area (Å²) in [4.78, 5) is 16.3. The summed E-state index contributed by atoms with van der Waals surface area (Å²) in [5.74, 6) is 0.0588. The predicted octanol–water partition coefficient (Wildman–Crippen LogP) is 4.33. The Morgan fingerprint density at radius 3 is 2.54 bits per heavy atom. The molecule has 0 aliphatic heterocycles. The molecule has 3 aromatic rings. The Morgan fingerprint density at radius 2 is 1.93 bits per heavy atom. The van der Waals surface area contributed by atoms with Crippen LogP contribution in [0.2, 0.25) is 0 Å². The summed E-state index contributed by atoms with van der Waals surface area (Å²) in [5.41, 5.74) is -0.362. The lowest BCUT2D eigenvalue weighted by molar-refractivity contribution is -0.137. The maximum atomic E-state index is 13.1. The average Bonchev–Trinajstić information content (AvgIpc) is 3.20. The Morgan fingerprint density at radius 1 is 1.18 bits per heavy atom. The molecule has 9 heteroatoms. The van der Waals surface area contributed by atoms with Gasteiger partial charge in [-0.05, 0) is 48.9 Å². The Labute approximate surface area is 159 Å². The fourth-order valence-electron chi connectivity index (χ4n) is 2.46. The molecule has 1 aromatic heterocycles. The number of aromatic nitrogens is 3. The van der Waals surface area contributed by atoms with Gasteiger partial charge in [0.1, 0.15) is 18.4 Å². The van der Waals surface area contributed by atoms with Gasteiger partial charge in [-0.3, -0.25) is 4.79 Å². The molecular weight excluding hydrogens is 373 g/mol. The van der Waals surface area contributed by atoms with E-state index in [9.17, 15) is 18.0 Å². The van der Waals surface area contributed by atoms with Crippen LogP contribution >= 0.6 is 0 Å². The predicted molar refractivity (Wildman–Crippen MR) is 96.5 cm³/mol. The highest BCUT2D eigenvalue weighted by Crippen LogP contribution is 2.33. The van der Waals surface area contributed by atoms with Gasteiger partial charge in [0.15, 0.2) is 0 Å². The SMILES string of the molecule is CCCOc1ccc(C(=O)Nc2cc(C(F)(F)F)ccc2-n2cncn2)cc1. The molecular formula is C19H17F3N4O2. The quantitative estimate of drug-likeness (QED) is 0.680. The van der Waals surface area contributed by atoms with E-state index in [0.29, 0.717) is 12.4 Å². The van der Waals surface area contributed by atoms with Crippen LogP contribution in [-0.2, 0) is 6.18 Å². The molecule has 0 bridgehead atoms. The van der Waals surface area contributed by atoms with Gasteiger partial charge in [-0.15, -0.1) is 0 Å². The monoisotopic (exact) mass is 390 g/mol. The van der Waals surface area contributed by atoms with Crippen LogP contribution in [0.1, 0.15) is 29.3 Å². The van der Waals surface area contributed by atoms with Gasteiger partial charge in [0.2, 0.25) is 0 Å². The fourth-order valence-corrected chi connectivity index (χ4v) is 2.46. The first-order valence-electron chi connectivity index (χ1n) is 8.49. The zero-order chi connectivity index (χ0) is 20.1. The van der Waals surface area contributed by atoms with Crippen LogP contribution in [0.3, 0.4) is 0 Å². The molecule has 1 N–H and O–H groups in total. The van der Waals surface area contributed by atoms with E-state index in [-0.39, 0.29) is 16.9 Å². The molecule has 0 fully saturated rings. The number of hydrogen-bond donors (Lipinski definition) is 1.